The predicted molar refractivity (Wildman–Crippen MR) is 308 cm³/mol. The Labute approximate surface area is 429 Å². The topological polar surface area (TPSA) is 6.48 Å². The monoisotopic (exact) mass is 936 g/mol. The number of nitrogens with zero attached hydrogens (tertiary/aromatic N) is 2. The SMILES string of the molecule is CC1(C)c2ccccc2-c2ccc(-c3c4ccccc4c(-c4ccc(N(c5ccccc5)c5ccc(N6c7ccc(-c8ccccc8)cc7C7CC(c8ccccc8)CCC76)cc5)cc4)c4ccccc34)cc21. The Hall–Kier alpha value is -8.46. The molecule has 11 aromatic rings. The quantitative estimate of drug-likeness (QED) is 0.140. The molecule has 0 aromatic heterocycles. The van der Waals surface area contributed by atoms with Crippen LogP contribution in [0.15, 0.2) is 249 Å². The van der Waals surface area contributed by atoms with Gasteiger partial charge in [0.15, 0.2) is 0 Å². The number of para-hydroxylation sites is 1. The second kappa shape index (κ2) is 17.4. The number of rotatable bonds is 8. The Bertz CT molecular complexity index is 3800. The summed E-state index contributed by atoms with van der Waals surface area (Å²) in [5.74, 6) is 1.01. The Morgan fingerprint density at radius 2 is 0.932 bits per heavy atom. The molecule has 0 N–H and O–H groups in total. The van der Waals surface area contributed by atoms with Crippen LogP contribution in [0.1, 0.15) is 67.2 Å². The first-order chi connectivity index (χ1) is 36.0. The zero-order valence-electron chi connectivity index (χ0n) is 41.4. The highest BCUT2D eigenvalue weighted by atomic mass is 15.2. The van der Waals surface area contributed by atoms with E-state index in [1.54, 1.807) is 0 Å². The average Bonchev–Trinajstić information content (AvgIpc) is 3.90. The van der Waals surface area contributed by atoms with Crippen molar-refractivity contribution in [3.05, 3.63) is 271 Å². The minimum absolute atomic E-state index is 0.0786. The zero-order chi connectivity index (χ0) is 48.6. The molecule has 0 bridgehead atoms. The lowest BCUT2D eigenvalue weighted by Gasteiger charge is -2.37. The molecule has 14 rings (SSSR count). The third kappa shape index (κ3) is 7.14. The molecule has 1 saturated carbocycles. The van der Waals surface area contributed by atoms with E-state index >= 15 is 0 Å². The van der Waals surface area contributed by atoms with E-state index in [9.17, 15) is 0 Å². The summed E-state index contributed by atoms with van der Waals surface area (Å²) in [7, 11) is 0. The Morgan fingerprint density at radius 3 is 1.60 bits per heavy atom. The van der Waals surface area contributed by atoms with Gasteiger partial charge in [0, 0.05) is 45.8 Å². The first-order valence-electron chi connectivity index (χ1n) is 26.3. The molecule has 1 fully saturated rings. The van der Waals surface area contributed by atoms with Gasteiger partial charge >= 0.3 is 0 Å². The summed E-state index contributed by atoms with van der Waals surface area (Å²) in [5, 5.41) is 5.07. The summed E-state index contributed by atoms with van der Waals surface area (Å²) >= 11 is 0. The van der Waals surface area contributed by atoms with E-state index in [1.807, 2.05) is 0 Å². The van der Waals surface area contributed by atoms with Crippen LogP contribution in [0.25, 0.3) is 66.1 Å². The molecule has 1 heterocycles. The summed E-state index contributed by atoms with van der Waals surface area (Å²) in [6, 6.07) is 93.4. The summed E-state index contributed by atoms with van der Waals surface area (Å²) in [5.41, 5.74) is 22.0. The zero-order valence-corrected chi connectivity index (χ0v) is 41.4. The van der Waals surface area contributed by atoms with Crippen molar-refractivity contribution in [2.45, 2.75) is 56.4 Å². The largest absolute Gasteiger partial charge is 0.338 e. The van der Waals surface area contributed by atoms with Crippen molar-refractivity contribution in [1.82, 2.24) is 0 Å². The number of hydrogen-bond acceptors (Lipinski definition) is 2. The van der Waals surface area contributed by atoms with Crippen molar-refractivity contribution in [3.8, 4) is 44.5 Å². The molecular formula is C71H56N2. The second-order valence-corrected chi connectivity index (χ2v) is 21.1. The van der Waals surface area contributed by atoms with Crippen LogP contribution in [-0.4, -0.2) is 6.04 Å². The lowest BCUT2D eigenvalue weighted by Crippen LogP contribution is -2.34. The van der Waals surface area contributed by atoms with Crippen LogP contribution >= 0.6 is 0 Å². The molecule has 2 heteroatoms. The van der Waals surface area contributed by atoms with Gasteiger partial charge in [-0.25, -0.2) is 0 Å². The lowest BCUT2D eigenvalue weighted by molar-refractivity contribution is 0.361. The normalized spacial score (nSPS) is 17.2. The second-order valence-electron chi connectivity index (χ2n) is 21.1. The fraction of sp³-hybridized carbons (Fsp3) is 0.127. The highest BCUT2D eigenvalue weighted by Crippen LogP contribution is 2.56. The average molecular weight is 937 g/mol. The molecule has 2 aliphatic carbocycles. The third-order valence-corrected chi connectivity index (χ3v) is 16.8. The molecule has 0 spiro atoms. The van der Waals surface area contributed by atoms with Gasteiger partial charge in [-0.3, -0.25) is 0 Å². The number of anilines is 5. The van der Waals surface area contributed by atoms with E-state index in [0.29, 0.717) is 17.9 Å². The molecule has 0 amide bonds. The number of benzene rings is 11. The van der Waals surface area contributed by atoms with E-state index in [1.165, 1.54) is 106 Å². The highest BCUT2D eigenvalue weighted by molar-refractivity contribution is 6.21. The summed E-state index contributed by atoms with van der Waals surface area (Å²) < 4.78 is 0. The molecule has 3 aliphatic rings. The predicted octanol–water partition coefficient (Wildman–Crippen LogP) is 19.3. The first kappa shape index (κ1) is 43.3. The molecule has 3 atom stereocenters. The molecule has 0 saturated heterocycles. The maximum absolute atomic E-state index is 2.67. The molecule has 0 radical (unpaired) electrons. The molecule has 3 unspecified atom stereocenters. The number of hydrogen-bond donors (Lipinski definition) is 0. The number of fused-ring (bicyclic) bond motifs is 8. The van der Waals surface area contributed by atoms with Crippen molar-refractivity contribution in [2.24, 2.45) is 0 Å². The van der Waals surface area contributed by atoms with Crippen molar-refractivity contribution in [3.63, 3.8) is 0 Å². The fourth-order valence-corrected chi connectivity index (χ4v) is 13.4. The van der Waals surface area contributed by atoms with Crippen LogP contribution in [0, 0.1) is 0 Å². The van der Waals surface area contributed by atoms with Crippen molar-refractivity contribution in [1.29, 1.82) is 0 Å². The molecule has 1 aliphatic heterocycles. The minimum Gasteiger partial charge on any atom is -0.338 e. The van der Waals surface area contributed by atoms with Crippen LogP contribution in [-0.2, 0) is 5.41 Å². The van der Waals surface area contributed by atoms with E-state index in [-0.39, 0.29) is 5.41 Å². The van der Waals surface area contributed by atoms with Crippen molar-refractivity contribution in [2.75, 3.05) is 9.80 Å². The Morgan fingerprint density at radius 1 is 0.411 bits per heavy atom. The van der Waals surface area contributed by atoms with E-state index in [4.69, 9.17) is 0 Å². The standard InChI is InChI=1S/C71H56N2/c1-71(2)65-29-17-16-24-57(65)58-41-32-52(46-66(58)71)70-61-27-14-12-25-59(61)69(60-26-13-15-28-62(60)70)49-30-35-54(36-31-49)72(53-22-10-5-11-23-53)55-37-39-56(40-38-55)73-67-42-33-50(47-18-6-3-7-19-47)44-63(67)64-45-51(34-43-68(64)73)48-20-8-4-9-21-48/h3-33,35-42,44,46,51,64,68H,34,43,45H2,1-2H3. The van der Waals surface area contributed by atoms with Crippen molar-refractivity contribution >= 4 is 50.0 Å². The van der Waals surface area contributed by atoms with Gasteiger partial charge in [-0.2, -0.15) is 0 Å². The lowest BCUT2D eigenvalue weighted by atomic mass is 9.73. The van der Waals surface area contributed by atoms with Crippen LogP contribution in [0.3, 0.4) is 0 Å². The van der Waals surface area contributed by atoms with Gasteiger partial charge in [-0.05, 0) is 180 Å². The molecule has 350 valence electrons. The first-order valence-corrected chi connectivity index (χ1v) is 26.3. The van der Waals surface area contributed by atoms with Gasteiger partial charge in [0.1, 0.15) is 0 Å². The van der Waals surface area contributed by atoms with E-state index in [0.717, 1.165) is 29.9 Å². The smallest absolute Gasteiger partial charge is 0.0463 e. The van der Waals surface area contributed by atoms with Gasteiger partial charge < -0.3 is 9.80 Å². The fourth-order valence-electron chi connectivity index (χ4n) is 13.4. The van der Waals surface area contributed by atoms with Gasteiger partial charge in [0.25, 0.3) is 0 Å². The minimum atomic E-state index is -0.0786. The van der Waals surface area contributed by atoms with Crippen LogP contribution in [0.4, 0.5) is 28.4 Å². The van der Waals surface area contributed by atoms with Gasteiger partial charge in [-0.1, -0.05) is 196 Å². The van der Waals surface area contributed by atoms with Crippen LogP contribution in [0.5, 0.6) is 0 Å². The van der Waals surface area contributed by atoms with E-state index < -0.39 is 0 Å². The molecule has 2 nitrogen and oxygen atoms in total. The van der Waals surface area contributed by atoms with Gasteiger partial charge in [0.05, 0.1) is 0 Å². The van der Waals surface area contributed by atoms with Crippen molar-refractivity contribution < 1.29 is 0 Å². The Kier molecular flexibility index (Phi) is 10.3. The summed E-state index contributed by atoms with van der Waals surface area (Å²) in [6.07, 6.45) is 3.50. The maximum Gasteiger partial charge on any atom is 0.0463 e. The van der Waals surface area contributed by atoms with E-state index in [2.05, 4.69) is 272 Å². The van der Waals surface area contributed by atoms with Crippen LogP contribution in [0.2, 0.25) is 0 Å². The molecular weight excluding hydrogens is 881 g/mol. The summed E-state index contributed by atoms with van der Waals surface area (Å²) in [6.45, 7) is 4.75. The summed E-state index contributed by atoms with van der Waals surface area (Å²) in [4.78, 5) is 5.07. The Balaban J connectivity index is 0.826. The molecule has 11 aromatic carbocycles. The van der Waals surface area contributed by atoms with Crippen LogP contribution < -0.4 is 9.80 Å². The van der Waals surface area contributed by atoms with Gasteiger partial charge in [-0.15, -0.1) is 0 Å². The third-order valence-electron chi connectivity index (χ3n) is 16.8. The maximum atomic E-state index is 2.67. The highest BCUT2D eigenvalue weighted by Gasteiger charge is 2.43. The van der Waals surface area contributed by atoms with Gasteiger partial charge in [0.2, 0.25) is 0 Å². The molecule has 73 heavy (non-hydrogen) atoms.